The minimum absolute atomic E-state index is 0.0504. The number of methoxy groups -OCH3 is 1. The highest BCUT2D eigenvalue weighted by molar-refractivity contribution is 5.94. The number of nitrogens with one attached hydrogen (secondary N) is 1. The number of hydrogen-bond donors (Lipinski definition) is 1. The molecule has 0 spiro atoms. The van der Waals surface area contributed by atoms with Crippen LogP contribution in [0.25, 0.3) is 0 Å². The largest absolute Gasteiger partial charge is 0.494 e. The van der Waals surface area contributed by atoms with E-state index in [1.807, 2.05) is 12.3 Å². The molecule has 138 valence electrons. The van der Waals surface area contributed by atoms with E-state index in [-0.39, 0.29) is 23.1 Å². The second-order valence-electron chi connectivity index (χ2n) is 6.27. The zero-order valence-corrected chi connectivity index (χ0v) is 14.7. The van der Waals surface area contributed by atoms with Gasteiger partial charge in [0.2, 0.25) is 5.91 Å². The molecule has 26 heavy (non-hydrogen) atoms. The Morgan fingerprint density at radius 3 is 2.62 bits per heavy atom. The van der Waals surface area contributed by atoms with Crippen LogP contribution >= 0.6 is 0 Å². The zero-order valence-electron chi connectivity index (χ0n) is 14.7. The molecule has 1 aromatic carbocycles. The lowest BCUT2D eigenvalue weighted by atomic mass is 10.1. The Morgan fingerprint density at radius 2 is 1.92 bits per heavy atom. The number of carbonyl (C=O) groups excluding carboxylic acids is 2. The van der Waals surface area contributed by atoms with Crippen LogP contribution in [0, 0.1) is 5.82 Å². The number of H-pyrrole nitrogens is 1. The lowest BCUT2D eigenvalue weighted by Crippen LogP contribution is -2.38. The molecule has 0 bridgehead atoms. The fraction of sp³-hybridized carbons (Fsp3) is 0.368. The predicted octanol–water partition coefficient (Wildman–Crippen LogP) is 2.08. The van der Waals surface area contributed by atoms with Crippen molar-refractivity contribution in [3.8, 4) is 5.75 Å². The molecule has 1 aliphatic heterocycles. The highest BCUT2D eigenvalue weighted by atomic mass is 19.1. The summed E-state index contributed by atoms with van der Waals surface area (Å²) in [4.78, 5) is 31.5. The SMILES string of the molecule is COc1ccc(C(=O)N2CCCN(C(=O)Cc3cc[nH]c3)CC2)cc1F. The average molecular weight is 359 g/mol. The number of benzene rings is 1. The number of aromatic amines is 1. The van der Waals surface area contributed by atoms with Gasteiger partial charge < -0.3 is 19.5 Å². The van der Waals surface area contributed by atoms with Gasteiger partial charge in [-0.2, -0.15) is 0 Å². The van der Waals surface area contributed by atoms with Crippen molar-refractivity contribution < 1.29 is 18.7 Å². The average Bonchev–Trinajstić information content (AvgIpc) is 3.02. The Bertz CT molecular complexity index is 776. The molecule has 7 heteroatoms. The van der Waals surface area contributed by atoms with Gasteiger partial charge in [0, 0.05) is 44.1 Å². The Morgan fingerprint density at radius 1 is 1.15 bits per heavy atom. The van der Waals surface area contributed by atoms with Crippen LogP contribution in [0.3, 0.4) is 0 Å². The summed E-state index contributed by atoms with van der Waals surface area (Å²) in [5.41, 5.74) is 1.23. The molecule has 2 amide bonds. The predicted molar refractivity (Wildman–Crippen MR) is 94.5 cm³/mol. The summed E-state index contributed by atoms with van der Waals surface area (Å²) in [6.45, 7) is 2.07. The van der Waals surface area contributed by atoms with Gasteiger partial charge in [-0.05, 0) is 36.2 Å². The van der Waals surface area contributed by atoms with Crippen LogP contribution in [0.2, 0.25) is 0 Å². The molecule has 0 aliphatic carbocycles. The maximum absolute atomic E-state index is 13.9. The van der Waals surface area contributed by atoms with Gasteiger partial charge in [0.25, 0.3) is 5.91 Å². The van der Waals surface area contributed by atoms with Crippen molar-refractivity contribution >= 4 is 11.8 Å². The van der Waals surface area contributed by atoms with Crippen molar-refractivity contribution in [3.63, 3.8) is 0 Å². The van der Waals surface area contributed by atoms with Crippen molar-refractivity contribution in [2.45, 2.75) is 12.8 Å². The number of amides is 2. The number of halogens is 1. The molecule has 0 atom stereocenters. The smallest absolute Gasteiger partial charge is 0.254 e. The van der Waals surface area contributed by atoms with Crippen molar-refractivity contribution in [1.82, 2.24) is 14.8 Å². The van der Waals surface area contributed by atoms with Crippen molar-refractivity contribution in [2.24, 2.45) is 0 Å². The summed E-state index contributed by atoms with van der Waals surface area (Å²) in [7, 11) is 1.38. The first kappa shape index (κ1) is 18.0. The summed E-state index contributed by atoms with van der Waals surface area (Å²) in [5, 5.41) is 0. The van der Waals surface area contributed by atoms with Gasteiger partial charge in [0.15, 0.2) is 11.6 Å². The minimum atomic E-state index is -0.559. The first-order chi connectivity index (χ1) is 12.6. The number of aromatic nitrogens is 1. The van der Waals surface area contributed by atoms with Gasteiger partial charge in [-0.1, -0.05) is 0 Å². The third kappa shape index (κ3) is 4.04. The molecular formula is C19H22FN3O3. The standard InChI is InChI=1S/C19H22FN3O3/c1-26-17-4-3-15(12-16(17)20)19(25)23-8-2-7-22(9-10-23)18(24)11-14-5-6-21-13-14/h3-6,12-13,21H,2,7-11H2,1H3. The zero-order chi connectivity index (χ0) is 18.5. The molecule has 0 radical (unpaired) electrons. The van der Waals surface area contributed by atoms with Gasteiger partial charge in [-0.3, -0.25) is 9.59 Å². The van der Waals surface area contributed by atoms with Crippen LogP contribution in [-0.4, -0.2) is 59.9 Å². The van der Waals surface area contributed by atoms with E-state index in [9.17, 15) is 14.0 Å². The van der Waals surface area contributed by atoms with Crippen LogP contribution in [-0.2, 0) is 11.2 Å². The molecule has 1 saturated heterocycles. The van der Waals surface area contributed by atoms with Crippen molar-refractivity contribution in [1.29, 1.82) is 0 Å². The number of nitrogens with zero attached hydrogens (tertiary/aromatic N) is 2. The fourth-order valence-electron chi connectivity index (χ4n) is 3.11. The van der Waals surface area contributed by atoms with Crippen LogP contribution in [0.4, 0.5) is 4.39 Å². The second-order valence-corrected chi connectivity index (χ2v) is 6.27. The topological polar surface area (TPSA) is 65.6 Å². The third-order valence-electron chi connectivity index (χ3n) is 4.55. The van der Waals surface area contributed by atoms with Crippen molar-refractivity contribution in [2.75, 3.05) is 33.3 Å². The summed E-state index contributed by atoms with van der Waals surface area (Å²) in [6, 6.07) is 6.09. The van der Waals surface area contributed by atoms with E-state index < -0.39 is 5.82 Å². The molecule has 0 saturated carbocycles. The molecule has 1 fully saturated rings. The highest BCUT2D eigenvalue weighted by Gasteiger charge is 2.23. The molecule has 2 aromatic rings. The molecule has 1 aliphatic rings. The van der Waals surface area contributed by atoms with E-state index in [4.69, 9.17) is 4.74 Å². The summed E-state index contributed by atoms with van der Waals surface area (Å²) in [6.07, 6.45) is 4.65. The van der Waals surface area contributed by atoms with Crippen molar-refractivity contribution in [3.05, 3.63) is 53.6 Å². The van der Waals surface area contributed by atoms with Crippen LogP contribution in [0.1, 0.15) is 22.3 Å². The minimum Gasteiger partial charge on any atom is -0.494 e. The van der Waals surface area contributed by atoms with Crippen LogP contribution in [0.15, 0.2) is 36.7 Å². The van der Waals surface area contributed by atoms with E-state index in [1.165, 1.54) is 19.2 Å². The van der Waals surface area contributed by atoms with Gasteiger partial charge in [0.05, 0.1) is 13.5 Å². The Labute approximate surface area is 151 Å². The van der Waals surface area contributed by atoms with E-state index in [0.29, 0.717) is 39.0 Å². The summed E-state index contributed by atoms with van der Waals surface area (Å²) < 4.78 is 18.7. The Balaban J connectivity index is 1.61. The molecule has 1 N–H and O–H groups in total. The molecule has 3 rings (SSSR count). The normalized spacial score (nSPS) is 14.8. The Kier molecular flexibility index (Phi) is 5.55. The van der Waals surface area contributed by atoms with Crippen LogP contribution in [0.5, 0.6) is 5.75 Å². The first-order valence-electron chi connectivity index (χ1n) is 8.60. The summed E-state index contributed by atoms with van der Waals surface area (Å²) in [5.74, 6) is -0.628. The van der Waals surface area contributed by atoms with E-state index in [1.54, 1.807) is 22.1 Å². The fourth-order valence-corrected chi connectivity index (χ4v) is 3.11. The quantitative estimate of drug-likeness (QED) is 0.909. The van der Waals surface area contributed by atoms with E-state index >= 15 is 0 Å². The van der Waals surface area contributed by atoms with Gasteiger partial charge in [0.1, 0.15) is 0 Å². The van der Waals surface area contributed by atoms with Gasteiger partial charge >= 0.3 is 0 Å². The lowest BCUT2D eigenvalue weighted by molar-refractivity contribution is -0.130. The van der Waals surface area contributed by atoms with Crippen LogP contribution < -0.4 is 4.74 Å². The second kappa shape index (κ2) is 8.03. The van der Waals surface area contributed by atoms with E-state index in [0.717, 1.165) is 5.56 Å². The third-order valence-corrected chi connectivity index (χ3v) is 4.55. The van der Waals surface area contributed by atoms with E-state index in [2.05, 4.69) is 4.98 Å². The molecule has 6 nitrogen and oxygen atoms in total. The molecular weight excluding hydrogens is 337 g/mol. The maximum Gasteiger partial charge on any atom is 0.254 e. The highest BCUT2D eigenvalue weighted by Crippen LogP contribution is 2.19. The number of rotatable bonds is 4. The molecule has 2 heterocycles. The number of hydrogen-bond acceptors (Lipinski definition) is 3. The lowest BCUT2D eigenvalue weighted by Gasteiger charge is -2.22. The van der Waals surface area contributed by atoms with Gasteiger partial charge in [-0.25, -0.2) is 4.39 Å². The molecule has 0 unspecified atom stereocenters. The monoisotopic (exact) mass is 359 g/mol. The number of carbonyl (C=O) groups is 2. The summed E-state index contributed by atoms with van der Waals surface area (Å²) >= 11 is 0. The molecule has 1 aromatic heterocycles. The number of ether oxygens (including phenoxy) is 1. The van der Waals surface area contributed by atoms with Gasteiger partial charge in [-0.15, -0.1) is 0 Å². The maximum atomic E-state index is 13.9. The first-order valence-corrected chi connectivity index (χ1v) is 8.60. The Hall–Kier alpha value is -2.83.